The number of ether oxygens (including phenoxy) is 1. The van der Waals surface area contributed by atoms with Crippen molar-refractivity contribution in [1.82, 2.24) is 15.1 Å². The Kier molecular flexibility index (Phi) is 7.22. The number of allylic oxidation sites excluding steroid dienone is 3. The van der Waals surface area contributed by atoms with Gasteiger partial charge in [0.25, 0.3) is 5.56 Å². The maximum absolute atomic E-state index is 16.0. The molecule has 0 amide bonds. The molecular formula is C25H27ClFN3O3. The number of halogens is 2. The van der Waals surface area contributed by atoms with Crippen molar-refractivity contribution < 1.29 is 13.7 Å². The first-order valence-corrected chi connectivity index (χ1v) is 11.1. The minimum atomic E-state index is -2.04. The average Bonchev–Trinajstić information content (AvgIpc) is 3.36. The molecule has 0 radical (unpaired) electrons. The molecule has 3 rings (SSSR count). The molecule has 2 aromatic heterocycles. The second-order valence-electron chi connectivity index (χ2n) is 7.91. The Morgan fingerprint density at radius 3 is 2.64 bits per heavy atom. The van der Waals surface area contributed by atoms with Gasteiger partial charge in [-0.05, 0) is 49.6 Å². The van der Waals surface area contributed by atoms with Crippen LogP contribution in [0.2, 0.25) is 5.02 Å². The summed E-state index contributed by atoms with van der Waals surface area (Å²) in [7, 11) is 0. The van der Waals surface area contributed by atoms with E-state index in [1.54, 1.807) is 38.1 Å². The Morgan fingerprint density at radius 2 is 2.06 bits per heavy atom. The fourth-order valence-corrected chi connectivity index (χ4v) is 3.82. The zero-order chi connectivity index (χ0) is 24.2. The van der Waals surface area contributed by atoms with Gasteiger partial charge in [-0.15, -0.1) is 6.58 Å². The fourth-order valence-electron chi connectivity index (χ4n) is 3.49. The predicted molar refractivity (Wildman–Crippen MR) is 128 cm³/mol. The van der Waals surface area contributed by atoms with E-state index in [9.17, 15) is 4.79 Å². The van der Waals surface area contributed by atoms with Crippen molar-refractivity contribution in [3.8, 4) is 23.0 Å². The first kappa shape index (κ1) is 24.5. The Balaban J connectivity index is 2.19. The monoisotopic (exact) mass is 471 g/mol. The SMILES string of the molecule is C=CC(C)(CC)c1cc(Oc2c(C(F)(C=CC)CC)nc(-c3ccon3)[nH]c2=O)ccc1Cl. The number of nitrogens with zero attached hydrogens (tertiary/aromatic N) is 2. The summed E-state index contributed by atoms with van der Waals surface area (Å²) >= 11 is 6.45. The van der Waals surface area contributed by atoms with E-state index in [0.29, 0.717) is 10.8 Å². The predicted octanol–water partition coefficient (Wildman–Crippen LogP) is 6.88. The van der Waals surface area contributed by atoms with Crippen LogP contribution in [0.15, 0.2) is 64.7 Å². The zero-order valence-electron chi connectivity index (χ0n) is 19.1. The normalized spacial score (nSPS) is 15.2. The second-order valence-corrected chi connectivity index (χ2v) is 8.32. The molecule has 0 spiro atoms. The van der Waals surface area contributed by atoms with E-state index in [1.807, 2.05) is 19.9 Å². The molecule has 0 saturated heterocycles. The highest BCUT2D eigenvalue weighted by molar-refractivity contribution is 6.31. The maximum atomic E-state index is 16.0. The van der Waals surface area contributed by atoms with Gasteiger partial charge in [0, 0.05) is 16.5 Å². The molecule has 1 N–H and O–H groups in total. The van der Waals surface area contributed by atoms with Gasteiger partial charge in [0.05, 0.1) is 0 Å². The van der Waals surface area contributed by atoms with Crippen molar-refractivity contribution in [2.45, 2.75) is 51.6 Å². The van der Waals surface area contributed by atoms with Gasteiger partial charge in [-0.25, -0.2) is 9.37 Å². The Morgan fingerprint density at radius 1 is 1.30 bits per heavy atom. The molecular weight excluding hydrogens is 445 g/mol. The molecule has 0 fully saturated rings. The van der Waals surface area contributed by atoms with Gasteiger partial charge in [-0.2, -0.15) is 0 Å². The minimum Gasteiger partial charge on any atom is -0.449 e. The summed E-state index contributed by atoms with van der Waals surface area (Å²) in [6.07, 6.45) is 6.88. The summed E-state index contributed by atoms with van der Waals surface area (Å²) in [6, 6.07) is 6.57. The summed E-state index contributed by atoms with van der Waals surface area (Å²) in [5.41, 5.74) is -2.17. The lowest BCUT2D eigenvalue weighted by Crippen LogP contribution is -2.25. The molecule has 0 saturated carbocycles. The van der Waals surface area contributed by atoms with Gasteiger partial charge in [0.1, 0.15) is 23.4 Å². The molecule has 0 aliphatic rings. The third-order valence-corrected chi connectivity index (χ3v) is 6.18. The lowest BCUT2D eigenvalue weighted by atomic mass is 9.80. The number of aromatic amines is 1. The summed E-state index contributed by atoms with van der Waals surface area (Å²) < 4.78 is 26.8. The first-order valence-electron chi connectivity index (χ1n) is 10.7. The van der Waals surface area contributed by atoms with E-state index in [-0.39, 0.29) is 29.4 Å². The quantitative estimate of drug-likeness (QED) is 0.344. The molecule has 0 aliphatic carbocycles. The number of H-pyrrole nitrogens is 1. The van der Waals surface area contributed by atoms with Gasteiger partial charge >= 0.3 is 0 Å². The van der Waals surface area contributed by atoms with Gasteiger partial charge < -0.3 is 14.2 Å². The third-order valence-electron chi connectivity index (χ3n) is 5.85. The van der Waals surface area contributed by atoms with Gasteiger partial charge in [0.15, 0.2) is 11.5 Å². The molecule has 6 nitrogen and oxygen atoms in total. The zero-order valence-corrected chi connectivity index (χ0v) is 19.9. The lowest BCUT2D eigenvalue weighted by molar-refractivity contribution is 0.212. The largest absolute Gasteiger partial charge is 0.449 e. The molecule has 1 aromatic carbocycles. The van der Waals surface area contributed by atoms with Gasteiger partial charge in [0.2, 0.25) is 5.75 Å². The van der Waals surface area contributed by atoms with E-state index in [2.05, 4.69) is 21.7 Å². The summed E-state index contributed by atoms with van der Waals surface area (Å²) in [5, 5.41) is 4.33. The smallest absolute Gasteiger partial charge is 0.294 e. The maximum Gasteiger partial charge on any atom is 0.294 e. The molecule has 33 heavy (non-hydrogen) atoms. The van der Waals surface area contributed by atoms with Crippen molar-refractivity contribution in [2.24, 2.45) is 0 Å². The van der Waals surface area contributed by atoms with Crippen LogP contribution in [0.5, 0.6) is 11.5 Å². The van der Waals surface area contributed by atoms with E-state index in [4.69, 9.17) is 20.9 Å². The number of nitrogens with one attached hydrogen (secondary N) is 1. The Hall–Kier alpha value is -3.19. The number of aromatic nitrogens is 3. The molecule has 2 unspecified atom stereocenters. The average molecular weight is 472 g/mol. The van der Waals surface area contributed by atoms with Crippen molar-refractivity contribution in [3.63, 3.8) is 0 Å². The number of hydrogen-bond acceptors (Lipinski definition) is 5. The van der Waals surface area contributed by atoms with Crippen LogP contribution in [-0.2, 0) is 11.1 Å². The number of rotatable bonds is 9. The van der Waals surface area contributed by atoms with E-state index in [1.165, 1.54) is 18.4 Å². The molecule has 3 aromatic rings. The molecule has 2 heterocycles. The van der Waals surface area contributed by atoms with Crippen molar-refractivity contribution in [3.05, 3.63) is 82.0 Å². The summed E-state index contributed by atoms with van der Waals surface area (Å²) in [6.45, 7) is 11.3. The number of hydrogen-bond donors (Lipinski definition) is 1. The molecule has 2 atom stereocenters. The highest BCUT2D eigenvalue weighted by atomic mass is 35.5. The third kappa shape index (κ3) is 4.78. The molecule has 174 valence electrons. The van der Waals surface area contributed by atoms with Gasteiger partial charge in [-0.1, -0.05) is 49.7 Å². The summed E-state index contributed by atoms with van der Waals surface area (Å²) in [4.78, 5) is 20.1. The lowest BCUT2D eigenvalue weighted by Gasteiger charge is -2.26. The van der Waals surface area contributed by atoms with Crippen LogP contribution in [0.1, 0.15) is 51.8 Å². The van der Waals surface area contributed by atoms with Crippen LogP contribution < -0.4 is 10.3 Å². The topological polar surface area (TPSA) is 81.0 Å². The highest BCUT2D eigenvalue weighted by Crippen LogP contribution is 2.40. The summed E-state index contributed by atoms with van der Waals surface area (Å²) in [5.74, 6) is 0.172. The van der Waals surface area contributed by atoms with E-state index >= 15 is 4.39 Å². The van der Waals surface area contributed by atoms with Crippen LogP contribution in [-0.4, -0.2) is 15.1 Å². The minimum absolute atomic E-state index is 0.0403. The van der Waals surface area contributed by atoms with Gasteiger partial charge in [-0.3, -0.25) is 4.79 Å². The van der Waals surface area contributed by atoms with Crippen LogP contribution in [0, 0.1) is 0 Å². The highest BCUT2D eigenvalue weighted by Gasteiger charge is 2.35. The molecule has 8 heteroatoms. The van der Waals surface area contributed by atoms with Crippen LogP contribution in [0.4, 0.5) is 4.39 Å². The Labute approximate surface area is 197 Å². The van der Waals surface area contributed by atoms with Crippen molar-refractivity contribution in [1.29, 1.82) is 0 Å². The standard InChI is InChI=1S/C25H27ClFN3O3/c1-6-13-25(27,9-4)21-20(23(31)29-22(28-21)19-12-14-32-30-19)33-16-10-11-18(26)17(15-16)24(5,7-2)8-3/h6-7,10-15H,2,8-9H2,1,3-5H3,(H,28,29,31). The van der Waals surface area contributed by atoms with Crippen molar-refractivity contribution >= 4 is 11.6 Å². The van der Waals surface area contributed by atoms with Crippen LogP contribution >= 0.6 is 11.6 Å². The van der Waals surface area contributed by atoms with Crippen LogP contribution in [0.3, 0.4) is 0 Å². The van der Waals surface area contributed by atoms with Crippen LogP contribution in [0.25, 0.3) is 11.5 Å². The fraction of sp³-hybridized carbons (Fsp3) is 0.320. The number of benzene rings is 1. The number of alkyl halides is 1. The first-order chi connectivity index (χ1) is 15.7. The van der Waals surface area contributed by atoms with E-state index in [0.717, 1.165) is 12.0 Å². The molecule has 0 bridgehead atoms. The Bertz CT molecular complexity index is 1220. The van der Waals surface area contributed by atoms with Crippen molar-refractivity contribution in [2.75, 3.05) is 0 Å². The molecule has 0 aliphatic heterocycles. The van der Waals surface area contributed by atoms with E-state index < -0.39 is 16.6 Å². The second kappa shape index (κ2) is 9.75.